The van der Waals surface area contributed by atoms with E-state index in [-0.39, 0.29) is 12.4 Å². The number of esters is 1. The van der Waals surface area contributed by atoms with Crippen molar-refractivity contribution in [2.75, 3.05) is 13.2 Å². The van der Waals surface area contributed by atoms with Gasteiger partial charge in [-0.05, 0) is 13.8 Å². The normalized spacial score (nSPS) is 10.1. The van der Waals surface area contributed by atoms with E-state index in [2.05, 4.69) is 4.98 Å². The molecule has 0 atom stereocenters. The van der Waals surface area contributed by atoms with Crippen LogP contribution in [0.2, 0.25) is 0 Å². The van der Waals surface area contributed by atoms with Crippen LogP contribution in [0.4, 0.5) is 0 Å². The summed E-state index contributed by atoms with van der Waals surface area (Å²) >= 11 is 0. The summed E-state index contributed by atoms with van der Waals surface area (Å²) in [5.74, 6) is 0.465. The van der Waals surface area contributed by atoms with Gasteiger partial charge in [0.1, 0.15) is 5.69 Å². The van der Waals surface area contributed by atoms with Gasteiger partial charge in [-0.2, -0.15) is 0 Å². The third-order valence-electron chi connectivity index (χ3n) is 1.66. The summed E-state index contributed by atoms with van der Waals surface area (Å²) in [5, 5.41) is 0. The average molecular weight is 213 g/mol. The first-order valence-corrected chi connectivity index (χ1v) is 4.92. The number of aromatic nitrogens is 1. The summed E-state index contributed by atoms with van der Waals surface area (Å²) in [5.41, 5.74) is 0.493. The van der Waals surface area contributed by atoms with Gasteiger partial charge in [0.15, 0.2) is 5.89 Å². The van der Waals surface area contributed by atoms with Gasteiger partial charge >= 0.3 is 11.9 Å². The van der Waals surface area contributed by atoms with Crippen LogP contribution in [0.5, 0.6) is 5.95 Å². The Bertz CT molecular complexity index is 332. The zero-order valence-electron chi connectivity index (χ0n) is 9.20. The third kappa shape index (κ3) is 3.27. The topological polar surface area (TPSA) is 61.6 Å². The third-order valence-corrected chi connectivity index (χ3v) is 1.66. The van der Waals surface area contributed by atoms with Crippen molar-refractivity contribution in [3.8, 4) is 5.95 Å². The molecule has 5 nitrogen and oxygen atoms in total. The monoisotopic (exact) mass is 213 g/mol. The van der Waals surface area contributed by atoms with Crippen molar-refractivity contribution in [1.82, 2.24) is 4.98 Å². The maximum atomic E-state index is 11.2. The van der Waals surface area contributed by atoms with Crippen LogP contribution in [0.15, 0.2) is 4.42 Å². The lowest BCUT2D eigenvalue weighted by Crippen LogP contribution is -2.09. The van der Waals surface area contributed by atoms with Crippen molar-refractivity contribution in [2.45, 2.75) is 27.2 Å². The highest BCUT2D eigenvalue weighted by molar-refractivity contribution is 5.72. The van der Waals surface area contributed by atoms with Crippen LogP contribution in [0, 0.1) is 6.92 Å². The highest BCUT2D eigenvalue weighted by atomic mass is 16.6. The van der Waals surface area contributed by atoms with E-state index < -0.39 is 0 Å². The molecule has 1 aromatic rings. The Hall–Kier alpha value is -1.52. The molecule has 5 heteroatoms. The number of carbonyl (C=O) groups is 1. The number of ether oxygens (including phenoxy) is 2. The molecule has 84 valence electrons. The van der Waals surface area contributed by atoms with Gasteiger partial charge in [-0.25, -0.2) is 4.98 Å². The summed E-state index contributed by atoms with van der Waals surface area (Å²) < 4.78 is 15.2. The Labute approximate surface area is 88.4 Å². The summed E-state index contributed by atoms with van der Waals surface area (Å²) in [6.45, 7) is 6.14. The van der Waals surface area contributed by atoms with Crippen LogP contribution < -0.4 is 4.74 Å². The largest absolute Gasteiger partial charge is 0.466 e. The first kappa shape index (κ1) is 11.6. The fourth-order valence-corrected chi connectivity index (χ4v) is 1.16. The van der Waals surface area contributed by atoms with Gasteiger partial charge < -0.3 is 13.9 Å². The number of nitrogens with zero attached hydrogens (tertiary/aromatic N) is 1. The van der Waals surface area contributed by atoms with E-state index in [1.807, 2.05) is 6.92 Å². The van der Waals surface area contributed by atoms with Crippen molar-refractivity contribution in [1.29, 1.82) is 0 Å². The van der Waals surface area contributed by atoms with Crippen molar-refractivity contribution < 1.29 is 18.7 Å². The number of hydrogen-bond acceptors (Lipinski definition) is 5. The molecular formula is C10H15NO4. The lowest BCUT2D eigenvalue weighted by Gasteiger charge is -2.01. The number of oxazole rings is 1. The molecule has 0 bridgehead atoms. The van der Waals surface area contributed by atoms with Crippen LogP contribution in [0.3, 0.4) is 0 Å². The van der Waals surface area contributed by atoms with Crippen LogP contribution in [-0.4, -0.2) is 24.2 Å². The van der Waals surface area contributed by atoms with E-state index in [0.717, 1.165) is 0 Å². The number of aryl methyl sites for hydroxylation is 1. The smallest absolute Gasteiger partial charge is 0.312 e. The van der Waals surface area contributed by atoms with Gasteiger partial charge in [0.25, 0.3) is 0 Å². The Morgan fingerprint density at radius 3 is 2.73 bits per heavy atom. The molecule has 0 saturated carbocycles. The van der Waals surface area contributed by atoms with Crippen molar-refractivity contribution >= 4 is 5.97 Å². The van der Waals surface area contributed by atoms with Crippen LogP contribution in [0.25, 0.3) is 0 Å². The van der Waals surface area contributed by atoms with Crippen molar-refractivity contribution in [3.05, 3.63) is 11.6 Å². The Balaban J connectivity index is 2.70. The maximum Gasteiger partial charge on any atom is 0.312 e. The van der Waals surface area contributed by atoms with Crippen molar-refractivity contribution in [3.63, 3.8) is 0 Å². The predicted molar refractivity (Wildman–Crippen MR) is 52.7 cm³/mol. The molecule has 0 spiro atoms. The Morgan fingerprint density at radius 2 is 2.13 bits per heavy atom. The standard InChI is InChI=1S/C10H15NO4/c1-4-13-9(12)6-8-10(14-5-2)15-7(3)11-8/h4-6H2,1-3H3. The van der Waals surface area contributed by atoms with Crippen molar-refractivity contribution in [2.24, 2.45) is 0 Å². The Kier molecular flexibility index (Phi) is 4.15. The zero-order chi connectivity index (χ0) is 11.3. The highest BCUT2D eigenvalue weighted by Crippen LogP contribution is 2.20. The summed E-state index contributed by atoms with van der Waals surface area (Å²) in [6, 6.07) is 0. The average Bonchev–Trinajstić information content (AvgIpc) is 2.47. The Morgan fingerprint density at radius 1 is 1.40 bits per heavy atom. The lowest BCUT2D eigenvalue weighted by molar-refractivity contribution is -0.142. The maximum absolute atomic E-state index is 11.2. The predicted octanol–water partition coefficient (Wildman–Crippen LogP) is 1.49. The zero-order valence-corrected chi connectivity index (χ0v) is 9.20. The second-order valence-electron chi connectivity index (χ2n) is 2.88. The second-order valence-corrected chi connectivity index (χ2v) is 2.88. The number of carbonyl (C=O) groups excluding carboxylic acids is 1. The molecule has 0 amide bonds. The van der Waals surface area contributed by atoms with Gasteiger partial charge in [0, 0.05) is 6.92 Å². The summed E-state index contributed by atoms with van der Waals surface area (Å²) in [4.78, 5) is 15.3. The van der Waals surface area contributed by atoms with Crippen LogP contribution in [-0.2, 0) is 16.0 Å². The molecule has 0 aliphatic heterocycles. The van der Waals surface area contributed by atoms with E-state index in [4.69, 9.17) is 13.9 Å². The number of rotatable bonds is 5. The molecule has 1 aromatic heterocycles. The fourth-order valence-electron chi connectivity index (χ4n) is 1.16. The minimum atomic E-state index is -0.327. The molecule has 1 rings (SSSR count). The van der Waals surface area contributed by atoms with E-state index in [1.54, 1.807) is 13.8 Å². The molecule has 0 aromatic carbocycles. The highest BCUT2D eigenvalue weighted by Gasteiger charge is 2.16. The molecule has 0 radical (unpaired) electrons. The van der Waals surface area contributed by atoms with Crippen LogP contribution in [0.1, 0.15) is 25.4 Å². The molecule has 0 N–H and O–H groups in total. The molecule has 0 aliphatic rings. The van der Waals surface area contributed by atoms with Gasteiger partial charge in [0.2, 0.25) is 0 Å². The van der Waals surface area contributed by atoms with E-state index in [9.17, 15) is 4.79 Å². The second kappa shape index (κ2) is 5.38. The van der Waals surface area contributed by atoms with Crippen LogP contribution >= 0.6 is 0 Å². The van der Waals surface area contributed by atoms with E-state index in [1.165, 1.54) is 0 Å². The molecule has 0 aliphatic carbocycles. The van der Waals surface area contributed by atoms with Gasteiger partial charge in [-0.1, -0.05) is 0 Å². The minimum Gasteiger partial charge on any atom is -0.466 e. The minimum absolute atomic E-state index is 0.0838. The van der Waals surface area contributed by atoms with E-state index in [0.29, 0.717) is 30.7 Å². The quantitative estimate of drug-likeness (QED) is 0.693. The number of hydrogen-bond donors (Lipinski definition) is 0. The fraction of sp³-hybridized carbons (Fsp3) is 0.600. The molecular weight excluding hydrogens is 198 g/mol. The van der Waals surface area contributed by atoms with Gasteiger partial charge in [-0.15, -0.1) is 0 Å². The molecule has 0 saturated heterocycles. The first-order valence-electron chi connectivity index (χ1n) is 4.92. The molecule has 0 unspecified atom stereocenters. The van der Waals surface area contributed by atoms with Gasteiger partial charge in [-0.3, -0.25) is 4.79 Å². The first-order chi connectivity index (χ1) is 7.17. The molecule has 15 heavy (non-hydrogen) atoms. The summed E-state index contributed by atoms with van der Waals surface area (Å²) in [6.07, 6.45) is 0.0838. The van der Waals surface area contributed by atoms with E-state index >= 15 is 0 Å². The molecule has 1 heterocycles. The lowest BCUT2D eigenvalue weighted by atomic mass is 10.3. The SMILES string of the molecule is CCOC(=O)Cc1nc(C)oc1OCC. The summed E-state index contributed by atoms with van der Waals surface area (Å²) in [7, 11) is 0. The van der Waals surface area contributed by atoms with Gasteiger partial charge in [0.05, 0.1) is 19.6 Å². The molecule has 0 fully saturated rings.